The standard InChI is InChI=1S/C76H143NO5/c1-3-5-7-9-11-13-15-16-17-44-47-50-54-58-62-66-70-76(81)82-71-67-63-59-55-51-48-45-42-40-38-36-34-32-30-28-26-24-22-20-18-19-21-23-25-27-29-31-33-35-37-39-41-43-46-49-53-57-61-65-69-75(80)77-73(72-78)74(79)68-64-60-56-52-14-12-10-8-6-4-2/h13,15,17-19,22,24,44,73-74,78-79H,3-12,14,16,20-21,23,25-43,45-72H2,1-2H3,(H,77,80)/b15-13-,19-18-,24-22-,44-17-. The summed E-state index contributed by atoms with van der Waals surface area (Å²) in [5, 5.41) is 23.2. The number of ether oxygens (including phenoxy) is 1. The van der Waals surface area contributed by atoms with E-state index in [4.69, 9.17) is 4.74 Å². The van der Waals surface area contributed by atoms with Crippen molar-refractivity contribution >= 4 is 11.9 Å². The SMILES string of the molecule is CCCCCC/C=C\C/C=C\CCCCCCCC(=O)OCCCCCCCCCCCCCCCCC/C=C\C/C=C\CCCCCCCCCCCCCCCCCCCC(=O)NC(CO)C(O)CCCCCCCCCCCC. The summed E-state index contributed by atoms with van der Waals surface area (Å²) in [6.07, 6.45) is 93.4. The molecular weight excluding hydrogens is 1010 g/mol. The molecule has 6 heteroatoms. The van der Waals surface area contributed by atoms with Gasteiger partial charge in [0.25, 0.3) is 0 Å². The van der Waals surface area contributed by atoms with Gasteiger partial charge in [-0.15, -0.1) is 0 Å². The predicted octanol–water partition coefficient (Wildman–Crippen LogP) is 24.0. The van der Waals surface area contributed by atoms with Crippen LogP contribution in [0.25, 0.3) is 0 Å². The first-order valence-electron chi connectivity index (χ1n) is 36.9. The third kappa shape index (κ3) is 67.0. The first-order chi connectivity index (χ1) is 40.5. The molecule has 0 fully saturated rings. The molecule has 2 atom stereocenters. The molecule has 0 spiro atoms. The van der Waals surface area contributed by atoms with Gasteiger partial charge in [0.05, 0.1) is 25.4 Å². The average Bonchev–Trinajstić information content (AvgIpc) is 3.48. The van der Waals surface area contributed by atoms with Crippen LogP contribution in [0.1, 0.15) is 399 Å². The number of aliphatic hydroxyl groups excluding tert-OH is 2. The molecule has 0 aromatic carbocycles. The zero-order valence-electron chi connectivity index (χ0n) is 55.2. The monoisotopic (exact) mass is 1150 g/mol. The molecule has 0 saturated carbocycles. The molecule has 82 heavy (non-hydrogen) atoms. The van der Waals surface area contributed by atoms with E-state index in [1.54, 1.807) is 0 Å². The molecular formula is C76H143NO5. The minimum absolute atomic E-state index is 0.00689. The van der Waals surface area contributed by atoms with E-state index in [0.29, 0.717) is 25.9 Å². The second-order valence-electron chi connectivity index (χ2n) is 25.3. The maximum Gasteiger partial charge on any atom is 0.305 e. The number of esters is 1. The Morgan fingerprint density at radius 3 is 0.939 bits per heavy atom. The molecule has 0 aromatic heterocycles. The summed E-state index contributed by atoms with van der Waals surface area (Å²) in [6, 6.07) is -0.537. The third-order valence-electron chi connectivity index (χ3n) is 17.1. The van der Waals surface area contributed by atoms with E-state index in [9.17, 15) is 19.8 Å². The van der Waals surface area contributed by atoms with Crippen molar-refractivity contribution < 1.29 is 24.5 Å². The van der Waals surface area contributed by atoms with Crippen LogP contribution in [0.15, 0.2) is 48.6 Å². The Hall–Kier alpha value is -2.18. The minimum atomic E-state index is -0.660. The minimum Gasteiger partial charge on any atom is -0.466 e. The third-order valence-corrected chi connectivity index (χ3v) is 17.1. The maximum absolute atomic E-state index is 12.5. The van der Waals surface area contributed by atoms with Crippen molar-refractivity contribution in [2.24, 2.45) is 0 Å². The number of allylic oxidation sites excluding steroid dienone is 8. The van der Waals surface area contributed by atoms with Crippen LogP contribution in [0.3, 0.4) is 0 Å². The Morgan fingerprint density at radius 1 is 0.341 bits per heavy atom. The number of amides is 1. The van der Waals surface area contributed by atoms with Gasteiger partial charge >= 0.3 is 5.97 Å². The highest BCUT2D eigenvalue weighted by Gasteiger charge is 2.20. The summed E-state index contributed by atoms with van der Waals surface area (Å²) >= 11 is 0. The van der Waals surface area contributed by atoms with Crippen LogP contribution in [-0.2, 0) is 14.3 Å². The Balaban J connectivity index is 3.33. The quantitative estimate of drug-likeness (QED) is 0.0320. The van der Waals surface area contributed by atoms with Gasteiger partial charge in [0.1, 0.15) is 0 Å². The second kappa shape index (κ2) is 71.3. The number of carbonyl (C=O) groups is 2. The molecule has 0 aromatic rings. The summed E-state index contributed by atoms with van der Waals surface area (Å²) in [4.78, 5) is 24.5. The summed E-state index contributed by atoms with van der Waals surface area (Å²) < 4.78 is 5.49. The van der Waals surface area contributed by atoms with Gasteiger partial charge in [-0.2, -0.15) is 0 Å². The van der Waals surface area contributed by atoms with Gasteiger partial charge in [-0.25, -0.2) is 0 Å². The molecule has 0 aliphatic heterocycles. The van der Waals surface area contributed by atoms with Crippen molar-refractivity contribution in [2.45, 2.75) is 411 Å². The van der Waals surface area contributed by atoms with Crippen molar-refractivity contribution in [1.29, 1.82) is 0 Å². The van der Waals surface area contributed by atoms with Gasteiger partial charge < -0.3 is 20.3 Å². The summed E-state index contributed by atoms with van der Waals surface area (Å²) in [5.41, 5.74) is 0. The summed E-state index contributed by atoms with van der Waals surface area (Å²) in [7, 11) is 0. The summed E-state index contributed by atoms with van der Waals surface area (Å²) in [5.74, 6) is -0.0253. The van der Waals surface area contributed by atoms with E-state index in [1.165, 1.54) is 308 Å². The molecule has 3 N–H and O–H groups in total. The smallest absolute Gasteiger partial charge is 0.305 e. The Labute approximate surface area is 512 Å². The number of aliphatic hydroxyl groups is 2. The molecule has 0 aliphatic carbocycles. The van der Waals surface area contributed by atoms with Crippen LogP contribution in [0.5, 0.6) is 0 Å². The van der Waals surface area contributed by atoms with Crippen molar-refractivity contribution in [3.8, 4) is 0 Å². The number of rotatable bonds is 69. The van der Waals surface area contributed by atoms with Gasteiger partial charge in [-0.1, -0.05) is 345 Å². The number of carbonyl (C=O) groups excluding carboxylic acids is 2. The topological polar surface area (TPSA) is 95.9 Å². The van der Waals surface area contributed by atoms with E-state index in [2.05, 4.69) is 67.8 Å². The maximum atomic E-state index is 12.5. The van der Waals surface area contributed by atoms with Gasteiger partial charge in [0, 0.05) is 12.8 Å². The Kier molecular flexibility index (Phi) is 69.4. The van der Waals surface area contributed by atoms with E-state index >= 15 is 0 Å². The highest BCUT2D eigenvalue weighted by Crippen LogP contribution is 2.19. The molecule has 0 rings (SSSR count). The fourth-order valence-corrected chi connectivity index (χ4v) is 11.5. The van der Waals surface area contributed by atoms with E-state index in [0.717, 1.165) is 57.8 Å². The normalized spacial score (nSPS) is 12.8. The lowest BCUT2D eigenvalue weighted by molar-refractivity contribution is -0.143. The lowest BCUT2D eigenvalue weighted by atomic mass is 10.0. The molecule has 0 radical (unpaired) electrons. The molecule has 2 unspecified atom stereocenters. The van der Waals surface area contributed by atoms with Crippen LogP contribution in [0, 0.1) is 0 Å². The van der Waals surface area contributed by atoms with Gasteiger partial charge in [0.2, 0.25) is 5.91 Å². The Bertz CT molecular complexity index is 1370. The number of nitrogens with one attached hydrogen (secondary N) is 1. The fourth-order valence-electron chi connectivity index (χ4n) is 11.5. The van der Waals surface area contributed by atoms with Crippen LogP contribution >= 0.6 is 0 Å². The lowest BCUT2D eigenvalue weighted by Gasteiger charge is -2.22. The van der Waals surface area contributed by atoms with E-state index < -0.39 is 12.1 Å². The van der Waals surface area contributed by atoms with Crippen molar-refractivity contribution in [2.75, 3.05) is 13.2 Å². The number of hydrogen-bond acceptors (Lipinski definition) is 5. The first-order valence-corrected chi connectivity index (χ1v) is 36.9. The zero-order chi connectivity index (χ0) is 59.2. The van der Waals surface area contributed by atoms with E-state index in [1.807, 2.05) is 0 Å². The molecule has 6 nitrogen and oxygen atoms in total. The highest BCUT2D eigenvalue weighted by atomic mass is 16.5. The van der Waals surface area contributed by atoms with Gasteiger partial charge in [-0.3, -0.25) is 9.59 Å². The molecule has 482 valence electrons. The van der Waals surface area contributed by atoms with Crippen LogP contribution in [0.4, 0.5) is 0 Å². The fraction of sp³-hybridized carbons (Fsp3) is 0.868. The van der Waals surface area contributed by atoms with Crippen LogP contribution < -0.4 is 5.32 Å². The van der Waals surface area contributed by atoms with E-state index in [-0.39, 0.29) is 18.5 Å². The average molecular weight is 1150 g/mol. The van der Waals surface area contributed by atoms with Crippen molar-refractivity contribution in [3.63, 3.8) is 0 Å². The van der Waals surface area contributed by atoms with Gasteiger partial charge in [-0.05, 0) is 89.9 Å². The highest BCUT2D eigenvalue weighted by molar-refractivity contribution is 5.76. The van der Waals surface area contributed by atoms with Gasteiger partial charge in [0.15, 0.2) is 0 Å². The van der Waals surface area contributed by atoms with Crippen molar-refractivity contribution in [3.05, 3.63) is 48.6 Å². The summed E-state index contributed by atoms with van der Waals surface area (Å²) in [6.45, 7) is 4.94. The largest absolute Gasteiger partial charge is 0.466 e. The van der Waals surface area contributed by atoms with Crippen LogP contribution in [0.2, 0.25) is 0 Å². The molecule has 0 bridgehead atoms. The number of hydrogen-bond donors (Lipinski definition) is 3. The van der Waals surface area contributed by atoms with Crippen LogP contribution in [-0.4, -0.2) is 47.4 Å². The molecule has 1 amide bonds. The Morgan fingerprint density at radius 2 is 0.610 bits per heavy atom. The zero-order valence-corrected chi connectivity index (χ0v) is 55.2. The number of unbranched alkanes of at least 4 members (excludes halogenated alkanes) is 50. The molecule has 0 aliphatic rings. The lowest BCUT2D eigenvalue weighted by Crippen LogP contribution is -2.45. The second-order valence-corrected chi connectivity index (χ2v) is 25.3. The van der Waals surface area contributed by atoms with Crippen molar-refractivity contribution in [1.82, 2.24) is 5.32 Å². The first kappa shape index (κ1) is 79.8. The predicted molar refractivity (Wildman–Crippen MR) is 361 cm³/mol. The molecule has 0 heterocycles. The molecule has 0 saturated heterocycles.